The second kappa shape index (κ2) is 5.45. The van der Waals surface area contributed by atoms with Crippen molar-refractivity contribution < 1.29 is 9.90 Å². The highest BCUT2D eigenvalue weighted by atomic mass is 35.5. The smallest absolute Gasteiger partial charge is 0.352 e. The Bertz CT molecular complexity index is 626. The van der Waals surface area contributed by atoms with E-state index in [9.17, 15) is 4.79 Å². The van der Waals surface area contributed by atoms with E-state index in [-0.39, 0.29) is 5.69 Å². The Morgan fingerprint density at radius 1 is 1.21 bits per heavy atom. The van der Waals surface area contributed by atoms with Crippen LogP contribution in [-0.2, 0) is 6.54 Å². The number of hydrogen-bond acceptors (Lipinski definition) is 1. The maximum Gasteiger partial charge on any atom is 0.352 e. The number of carbonyl (C=O) groups is 1. The molecule has 1 N–H and O–H groups in total. The average Bonchev–Trinajstić information content (AvgIpc) is 2.71. The molecule has 19 heavy (non-hydrogen) atoms. The second-order valence-corrected chi connectivity index (χ2v) is 5.15. The minimum Gasteiger partial charge on any atom is -0.477 e. The summed E-state index contributed by atoms with van der Waals surface area (Å²) in [6, 6.07) is 6.38. The molecule has 0 amide bonds. The van der Waals surface area contributed by atoms with Gasteiger partial charge in [-0.3, -0.25) is 0 Å². The van der Waals surface area contributed by atoms with E-state index in [1.165, 1.54) is 6.07 Å². The predicted octanol–water partition coefficient (Wildman–Crippen LogP) is 4.83. The predicted molar refractivity (Wildman–Crippen MR) is 77.5 cm³/mol. The first-order valence-electron chi connectivity index (χ1n) is 5.53. The number of carboxylic acids is 1. The van der Waals surface area contributed by atoms with E-state index in [1.54, 1.807) is 22.8 Å². The van der Waals surface area contributed by atoms with Gasteiger partial charge in [-0.25, -0.2) is 4.79 Å². The van der Waals surface area contributed by atoms with Crippen LogP contribution in [0.5, 0.6) is 0 Å². The Kier molecular flexibility index (Phi) is 4.09. The summed E-state index contributed by atoms with van der Waals surface area (Å²) in [5.74, 6) is -0.991. The van der Waals surface area contributed by atoms with Crippen LogP contribution in [-0.4, -0.2) is 15.6 Å². The van der Waals surface area contributed by atoms with Gasteiger partial charge in [-0.2, -0.15) is 0 Å². The Labute approximate surface area is 125 Å². The van der Waals surface area contributed by atoms with Crippen molar-refractivity contribution in [3.63, 3.8) is 0 Å². The number of aromatic nitrogens is 1. The summed E-state index contributed by atoms with van der Waals surface area (Å²) in [6.45, 7) is 2.35. The Balaban J connectivity index is 2.69. The summed E-state index contributed by atoms with van der Waals surface area (Å²) in [5.41, 5.74) is 1.44. The van der Waals surface area contributed by atoms with Crippen LogP contribution < -0.4 is 0 Å². The molecule has 0 bridgehead atoms. The Hall–Kier alpha value is -1.16. The molecule has 1 aromatic heterocycles. The number of benzene rings is 1. The number of rotatable bonds is 3. The normalized spacial score (nSPS) is 10.7. The average molecular weight is 319 g/mol. The van der Waals surface area contributed by atoms with Crippen molar-refractivity contribution >= 4 is 40.8 Å². The van der Waals surface area contributed by atoms with Gasteiger partial charge < -0.3 is 9.67 Å². The van der Waals surface area contributed by atoms with Crippen LogP contribution in [0.3, 0.4) is 0 Å². The lowest BCUT2D eigenvalue weighted by Gasteiger charge is -2.12. The van der Waals surface area contributed by atoms with Crippen molar-refractivity contribution in [2.45, 2.75) is 13.5 Å². The molecule has 100 valence electrons. The highest BCUT2D eigenvalue weighted by Gasteiger charge is 2.18. The van der Waals surface area contributed by atoms with Crippen molar-refractivity contribution in [1.82, 2.24) is 4.57 Å². The molecule has 0 aliphatic heterocycles. The van der Waals surface area contributed by atoms with Gasteiger partial charge in [0, 0.05) is 17.1 Å². The zero-order valence-electron chi connectivity index (χ0n) is 9.95. The molecule has 0 radical (unpaired) electrons. The molecule has 1 heterocycles. The van der Waals surface area contributed by atoms with E-state index in [0.29, 0.717) is 32.9 Å². The molecule has 0 atom stereocenters. The van der Waals surface area contributed by atoms with Gasteiger partial charge >= 0.3 is 5.97 Å². The molecule has 2 aromatic rings. The SMILES string of the molecule is CCn1c(C(=O)O)ccc1-c1c(Cl)cc(Cl)cc1Cl. The maximum absolute atomic E-state index is 11.1. The number of hydrogen-bond donors (Lipinski definition) is 1. The van der Waals surface area contributed by atoms with Gasteiger partial charge in [-0.1, -0.05) is 34.8 Å². The molecule has 2 rings (SSSR count). The Morgan fingerprint density at radius 2 is 1.79 bits per heavy atom. The van der Waals surface area contributed by atoms with E-state index in [4.69, 9.17) is 39.9 Å². The van der Waals surface area contributed by atoms with Crippen LogP contribution in [0.4, 0.5) is 0 Å². The molecular formula is C13H10Cl3NO2. The van der Waals surface area contributed by atoms with E-state index in [2.05, 4.69) is 0 Å². The molecule has 0 aliphatic carbocycles. The van der Waals surface area contributed by atoms with Gasteiger partial charge in [0.1, 0.15) is 5.69 Å². The monoisotopic (exact) mass is 317 g/mol. The summed E-state index contributed by atoms with van der Waals surface area (Å²) < 4.78 is 1.64. The van der Waals surface area contributed by atoms with Gasteiger partial charge in [0.25, 0.3) is 0 Å². The highest BCUT2D eigenvalue weighted by molar-refractivity contribution is 6.41. The van der Waals surface area contributed by atoms with Gasteiger partial charge in [0.2, 0.25) is 0 Å². The molecule has 0 aliphatic rings. The lowest BCUT2D eigenvalue weighted by molar-refractivity contribution is 0.0685. The zero-order chi connectivity index (χ0) is 14.2. The highest BCUT2D eigenvalue weighted by Crippen LogP contribution is 2.38. The van der Waals surface area contributed by atoms with Crippen LogP contribution in [0.2, 0.25) is 15.1 Å². The lowest BCUT2D eigenvalue weighted by Crippen LogP contribution is -2.08. The van der Waals surface area contributed by atoms with E-state index in [1.807, 2.05) is 6.92 Å². The molecule has 3 nitrogen and oxygen atoms in total. The Morgan fingerprint density at radius 3 is 2.26 bits per heavy atom. The summed E-state index contributed by atoms with van der Waals surface area (Å²) in [4.78, 5) is 11.1. The topological polar surface area (TPSA) is 42.2 Å². The fraction of sp³-hybridized carbons (Fsp3) is 0.154. The standard InChI is InChI=1S/C13H10Cl3NO2/c1-2-17-10(3-4-11(17)13(18)19)12-8(15)5-7(14)6-9(12)16/h3-6H,2H2,1H3,(H,18,19). The van der Waals surface area contributed by atoms with Crippen molar-refractivity contribution in [1.29, 1.82) is 0 Å². The maximum atomic E-state index is 11.1. The second-order valence-electron chi connectivity index (χ2n) is 3.90. The minimum atomic E-state index is -0.991. The van der Waals surface area contributed by atoms with Gasteiger partial charge in [-0.05, 0) is 31.2 Å². The van der Waals surface area contributed by atoms with E-state index >= 15 is 0 Å². The van der Waals surface area contributed by atoms with Crippen LogP contribution in [0, 0.1) is 0 Å². The van der Waals surface area contributed by atoms with Crippen molar-refractivity contribution in [2.24, 2.45) is 0 Å². The van der Waals surface area contributed by atoms with Gasteiger partial charge in [0.05, 0.1) is 15.7 Å². The van der Waals surface area contributed by atoms with E-state index in [0.717, 1.165) is 0 Å². The van der Waals surface area contributed by atoms with Crippen molar-refractivity contribution in [3.05, 3.63) is 45.0 Å². The van der Waals surface area contributed by atoms with Crippen LogP contribution in [0.15, 0.2) is 24.3 Å². The fourth-order valence-electron chi connectivity index (χ4n) is 2.00. The molecule has 0 saturated heterocycles. The molecular weight excluding hydrogens is 309 g/mol. The minimum absolute atomic E-state index is 0.194. The van der Waals surface area contributed by atoms with Crippen LogP contribution >= 0.6 is 34.8 Å². The lowest BCUT2D eigenvalue weighted by atomic mass is 10.1. The molecule has 6 heteroatoms. The quantitative estimate of drug-likeness (QED) is 0.880. The van der Waals surface area contributed by atoms with Crippen LogP contribution in [0.1, 0.15) is 17.4 Å². The number of halogens is 3. The van der Waals surface area contributed by atoms with Crippen LogP contribution in [0.25, 0.3) is 11.3 Å². The third-order valence-corrected chi connectivity index (χ3v) is 3.59. The van der Waals surface area contributed by atoms with E-state index < -0.39 is 5.97 Å². The first-order valence-corrected chi connectivity index (χ1v) is 6.66. The fourth-order valence-corrected chi connectivity index (χ4v) is 3.01. The zero-order valence-corrected chi connectivity index (χ0v) is 12.2. The van der Waals surface area contributed by atoms with Crippen molar-refractivity contribution in [2.75, 3.05) is 0 Å². The number of nitrogens with zero attached hydrogens (tertiary/aromatic N) is 1. The summed E-state index contributed by atoms with van der Waals surface area (Å²) in [5, 5.41) is 10.4. The molecule has 0 unspecified atom stereocenters. The summed E-state index contributed by atoms with van der Waals surface area (Å²) >= 11 is 18.2. The summed E-state index contributed by atoms with van der Waals surface area (Å²) in [6.07, 6.45) is 0. The van der Waals surface area contributed by atoms with Gasteiger partial charge in [-0.15, -0.1) is 0 Å². The summed E-state index contributed by atoms with van der Waals surface area (Å²) in [7, 11) is 0. The van der Waals surface area contributed by atoms with Crippen molar-refractivity contribution in [3.8, 4) is 11.3 Å². The number of aromatic carboxylic acids is 1. The largest absolute Gasteiger partial charge is 0.477 e. The molecule has 0 saturated carbocycles. The molecule has 0 fully saturated rings. The third kappa shape index (κ3) is 2.59. The number of carboxylic acid groups (broad SMARTS) is 1. The van der Waals surface area contributed by atoms with Gasteiger partial charge in [0.15, 0.2) is 0 Å². The first-order chi connectivity index (χ1) is 8.95. The molecule has 1 aromatic carbocycles. The first kappa shape index (κ1) is 14.3. The molecule has 0 spiro atoms. The third-order valence-electron chi connectivity index (χ3n) is 2.78.